The summed E-state index contributed by atoms with van der Waals surface area (Å²) < 4.78 is 12.2. The Morgan fingerprint density at radius 1 is 1.29 bits per heavy atom. The van der Waals surface area contributed by atoms with Crippen molar-refractivity contribution in [3.63, 3.8) is 0 Å². The van der Waals surface area contributed by atoms with Gasteiger partial charge in [0.1, 0.15) is 17.6 Å². The van der Waals surface area contributed by atoms with E-state index in [2.05, 4.69) is 6.58 Å². The van der Waals surface area contributed by atoms with E-state index in [0.29, 0.717) is 55.8 Å². The molecule has 9 heteroatoms. The van der Waals surface area contributed by atoms with Gasteiger partial charge in [0.25, 0.3) is 5.91 Å². The molecule has 0 aliphatic carbocycles. The number of carbonyl (C=O) groups excluding carboxylic acids is 3. The molecule has 1 spiro atoms. The number of unbranched alkanes of at least 4 members (excludes halogenated alkanes) is 2. The van der Waals surface area contributed by atoms with Crippen LogP contribution in [0.5, 0.6) is 0 Å². The number of likely N-dealkylation sites (tertiary alicyclic amines) is 1. The number of amides is 2. The summed E-state index contributed by atoms with van der Waals surface area (Å²) in [5, 5.41) is 9.67. The van der Waals surface area contributed by atoms with Gasteiger partial charge in [-0.3, -0.25) is 14.4 Å². The van der Waals surface area contributed by atoms with E-state index in [4.69, 9.17) is 21.1 Å². The number of anilines is 1. The highest BCUT2D eigenvalue weighted by Gasteiger charge is 2.79. The fraction of sp³-hybridized carbons (Fsp3) is 0.621. The molecule has 8 nitrogen and oxygen atoms in total. The number of carbonyl (C=O) groups is 3. The van der Waals surface area contributed by atoms with Crippen molar-refractivity contribution in [2.24, 2.45) is 11.8 Å². The average Bonchev–Trinajstić information content (AvgIpc) is 3.49. The molecule has 208 valence electrons. The molecule has 1 N–H and O–H groups in total. The molecule has 2 amide bonds. The highest BCUT2D eigenvalue weighted by Crippen LogP contribution is 2.64. The van der Waals surface area contributed by atoms with E-state index < -0.39 is 35.0 Å². The van der Waals surface area contributed by atoms with Crippen molar-refractivity contribution in [2.75, 3.05) is 31.2 Å². The molecule has 3 aliphatic heterocycles. The second-order valence-electron chi connectivity index (χ2n) is 10.5. The van der Waals surface area contributed by atoms with Gasteiger partial charge in [0, 0.05) is 19.7 Å². The topological polar surface area (TPSA) is 96.4 Å². The van der Waals surface area contributed by atoms with Gasteiger partial charge in [-0.15, -0.1) is 6.58 Å². The first-order valence-electron chi connectivity index (χ1n) is 13.7. The second kappa shape index (κ2) is 11.4. The number of aliphatic hydroxyl groups excluding tert-OH is 1. The van der Waals surface area contributed by atoms with Crippen molar-refractivity contribution < 1.29 is 29.0 Å². The number of fused-ring (bicyclic) bond motifs is 1. The predicted octanol–water partition coefficient (Wildman–Crippen LogP) is 4.05. The molecule has 0 radical (unpaired) electrons. The van der Waals surface area contributed by atoms with E-state index in [1.165, 1.54) is 0 Å². The summed E-state index contributed by atoms with van der Waals surface area (Å²) in [6.07, 6.45) is 5.19. The van der Waals surface area contributed by atoms with Gasteiger partial charge in [-0.2, -0.15) is 0 Å². The van der Waals surface area contributed by atoms with E-state index in [1.54, 1.807) is 28.9 Å². The third-order valence-corrected chi connectivity index (χ3v) is 8.85. The molecule has 1 aromatic carbocycles. The monoisotopic (exact) mass is 546 g/mol. The maximum absolute atomic E-state index is 14.6. The van der Waals surface area contributed by atoms with Crippen LogP contribution in [0.4, 0.5) is 5.69 Å². The normalized spacial score (nSPS) is 29.4. The molecule has 3 heterocycles. The summed E-state index contributed by atoms with van der Waals surface area (Å²) in [4.78, 5) is 45.2. The number of hydrogen-bond acceptors (Lipinski definition) is 6. The Morgan fingerprint density at radius 3 is 2.68 bits per heavy atom. The van der Waals surface area contributed by atoms with Gasteiger partial charge in [0.15, 0.2) is 0 Å². The van der Waals surface area contributed by atoms with Crippen LogP contribution < -0.4 is 4.90 Å². The van der Waals surface area contributed by atoms with E-state index in [0.717, 1.165) is 5.56 Å². The Bertz CT molecular complexity index is 1070. The summed E-state index contributed by atoms with van der Waals surface area (Å²) in [5.74, 6) is -2.53. The molecular formula is C29H39ClN2O6. The summed E-state index contributed by atoms with van der Waals surface area (Å²) in [6, 6.07) is 4.54. The van der Waals surface area contributed by atoms with Crippen LogP contribution in [0, 0.1) is 18.8 Å². The fourth-order valence-electron chi connectivity index (χ4n) is 6.93. The van der Waals surface area contributed by atoms with Gasteiger partial charge in [0.05, 0.1) is 28.8 Å². The number of benzene rings is 1. The number of halogens is 1. The summed E-state index contributed by atoms with van der Waals surface area (Å²) in [7, 11) is 0. The molecule has 0 aromatic heterocycles. The number of nitrogens with zero attached hydrogens (tertiary/aromatic N) is 2. The van der Waals surface area contributed by atoms with E-state index in [9.17, 15) is 19.5 Å². The average molecular weight is 547 g/mol. The van der Waals surface area contributed by atoms with Crippen LogP contribution in [-0.2, 0) is 23.9 Å². The largest absolute Gasteiger partial charge is 0.466 e. The number of ether oxygens (including phenoxy) is 2. The van der Waals surface area contributed by atoms with Crippen LogP contribution >= 0.6 is 11.6 Å². The number of para-hydroxylation sites is 1. The zero-order valence-electron chi connectivity index (χ0n) is 22.6. The molecule has 38 heavy (non-hydrogen) atoms. The lowest BCUT2D eigenvalue weighted by Gasteiger charge is -2.37. The van der Waals surface area contributed by atoms with E-state index in [1.807, 2.05) is 26.0 Å². The quantitative estimate of drug-likeness (QED) is 0.241. The minimum atomic E-state index is -1.13. The second-order valence-corrected chi connectivity index (χ2v) is 11.0. The van der Waals surface area contributed by atoms with Crippen molar-refractivity contribution in [1.82, 2.24) is 4.90 Å². The Morgan fingerprint density at radius 2 is 2.05 bits per heavy atom. The molecule has 2 unspecified atom stereocenters. The third-order valence-electron chi connectivity index (χ3n) is 8.55. The first kappa shape index (κ1) is 28.6. The van der Waals surface area contributed by atoms with E-state index in [-0.39, 0.29) is 31.6 Å². The number of aryl methyl sites for hydroxylation is 1. The lowest BCUT2D eigenvalue weighted by atomic mass is 9.65. The van der Waals surface area contributed by atoms with Crippen molar-refractivity contribution in [2.45, 2.75) is 76.5 Å². The van der Waals surface area contributed by atoms with Crippen LogP contribution in [0.3, 0.4) is 0 Å². The number of esters is 1. The van der Waals surface area contributed by atoms with Crippen LogP contribution in [-0.4, -0.2) is 71.3 Å². The molecule has 3 aliphatic rings. The van der Waals surface area contributed by atoms with Gasteiger partial charge in [0.2, 0.25) is 5.91 Å². The number of aliphatic hydroxyl groups is 1. The first-order chi connectivity index (χ1) is 18.2. The van der Waals surface area contributed by atoms with Crippen molar-refractivity contribution in [3.8, 4) is 0 Å². The molecular weight excluding hydrogens is 508 g/mol. The molecule has 1 aromatic rings. The molecule has 3 fully saturated rings. The lowest BCUT2D eigenvalue weighted by Crippen LogP contribution is -2.56. The van der Waals surface area contributed by atoms with Gasteiger partial charge in [-0.1, -0.05) is 36.7 Å². The van der Waals surface area contributed by atoms with Crippen molar-refractivity contribution in [3.05, 3.63) is 41.4 Å². The van der Waals surface area contributed by atoms with Crippen molar-refractivity contribution >= 4 is 35.1 Å². The molecule has 4 rings (SSSR count). The smallest absolute Gasteiger partial charge is 0.312 e. The number of rotatable bonds is 12. The zero-order valence-corrected chi connectivity index (χ0v) is 23.3. The highest BCUT2D eigenvalue weighted by molar-refractivity contribution is 6.34. The number of hydrogen-bond donors (Lipinski definition) is 1. The Labute approximate surface area is 229 Å². The van der Waals surface area contributed by atoms with Gasteiger partial charge in [-0.05, 0) is 64.0 Å². The molecule has 0 saturated carbocycles. The minimum Gasteiger partial charge on any atom is -0.466 e. The van der Waals surface area contributed by atoms with Gasteiger partial charge >= 0.3 is 5.97 Å². The van der Waals surface area contributed by atoms with Crippen LogP contribution in [0.15, 0.2) is 30.9 Å². The van der Waals surface area contributed by atoms with Crippen LogP contribution in [0.1, 0.15) is 57.9 Å². The first-order valence-corrected chi connectivity index (χ1v) is 14.1. The lowest BCUT2D eigenvalue weighted by molar-refractivity contribution is -0.160. The zero-order chi connectivity index (χ0) is 27.7. The fourth-order valence-corrected chi connectivity index (χ4v) is 7.26. The Balaban J connectivity index is 1.81. The maximum atomic E-state index is 14.6. The SMILES string of the molecule is C=CCN(C(=O)C1N(CCCCCO)C(=O)[C@@H]2[C@@H](C(=O)OCC)[C@@]3(CC)CCC12O3)c1c(C)cccc1Cl. The third kappa shape index (κ3) is 4.44. The summed E-state index contributed by atoms with van der Waals surface area (Å²) >= 11 is 6.60. The highest BCUT2D eigenvalue weighted by atomic mass is 35.5. The summed E-state index contributed by atoms with van der Waals surface area (Å²) in [5.41, 5.74) is -0.567. The standard InChI is InChI=1S/C29H39ClN2O6/c1-5-16-31(23-19(4)12-11-13-20(23)30)26(35)24-29-15-14-28(6-2,38-29)22(27(36)37-7-3)21(29)25(34)32(24)17-9-8-10-18-33/h5,11-13,21-22,24,33H,1,6-10,14-18H2,2-4H3/t21-,22-,24?,28+,29?/m0/s1. The van der Waals surface area contributed by atoms with Crippen molar-refractivity contribution in [1.29, 1.82) is 0 Å². The van der Waals surface area contributed by atoms with E-state index >= 15 is 0 Å². The Kier molecular flexibility index (Phi) is 8.55. The van der Waals surface area contributed by atoms with Gasteiger partial charge in [-0.25, -0.2) is 0 Å². The predicted molar refractivity (Wildman–Crippen MR) is 145 cm³/mol. The van der Waals surface area contributed by atoms with Crippen LogP contribution in [0.2, 0.25) is 5.02 Å². The Hall–Kier alpha value is -2.42. The van der Waals surface area contributed by atoms with Gasteiger partial charge < -0.3 is 24.4 Å². The van der Waals surface area contributed by atoms with Crippen LogP contribution in [0.25, 0.3) is 0 Å². The molecule has 3 saturated heterocycles. The summed E-state index contributed by atoms with van der Waals surface area (Å²) in [6.45, 7) is 10.2. The minimum absolute atomic E-state index is 0.0643. The molecule has 2 bridgehead atoms. The molecule has 5 atom stereocenters. The maximum Gasteiger partial charge on any atom is 0.312 e.